The molecule has 1 heterocycles. The third kappa shape index (κ3) is 4.61. The number of carbonyl (C=O) groups is 2. The number of nitrogens with one attached hydrogen (secondary N) is 1. The van der Waals surface area contributed by atoms with Crippen LogP contribution in [0.3, 0.4) is 0 Å². The summed E-state index contributed by atoms with van der Waals surface area (Å²) in [5, 5.41) is 12.2. The molecule has 1 unspecified atom stereocenters. The number of nitrogens with zero attached hydrogens (tertiary/aromatic N) is 1. The first kappa shape index (κ1) is 17.9. The standard InChI is InChI=1S/C20H22N2O4/c23-19(14-22-13-7-6-11-17(22)20(24)25)21-16-10-4-5-12-18(16)26-15-8-2-1-3-9-15/h1-5,8-10,12,17H,6-7,11,13-14H2,(H,21,23)(H,24,25). The second-order valence-corrected chi connectivity index (χ2v) is 6.28. The molecule has 1 amide bonds. The number of hydrogen-bond donors (Lipinski definition) is 2. The number of ether oxygens (including phenoxy) is 1. The van der Waals surface area contributed by atoms with Gasteiger partial charge in [0.1, 0.15) is 11.8 Å². The number of rotatable bonds is 6. The molecule has 2 aromatic rings. The molecule has 0 spiro atoms. The van der Waals surface area contributed by atoms with E-state index in [0.717, 1.165) is 12.8 Å². The Morgan fingerprint density at radius 2 is 1.81 bits per heavy atom. The molecular weight excluding hydrogens is 332 g/mol. The third-order valence-corrected chi connectivity index (χ3v) is 4.38. The van der Waals surface area contributed by atoms with Gasteiger partial charge >= 0.3 is 5.97 Å². The molecule has 0 radical (unpaired) electrons. The summed E-state index contributed by atoms with van der Waals surface area (Å²) >= 11 is 0. The van der Waals surface area contributed by atoms with Crippen molar-refractivity contribution >= 4 is 17.6 Å². The van der Waals surface area contributed by atoms with Crippen LogP contribution in [0.2, 0.25) is 0 Å². The Kier molecular flexibility index (Phi) is 5.86. The van der Waals surface area contributed by atoms with Crippen molar-refractivity contribution in [3.05, 3.63) is 54.6 Å². The van der Waals surface area contributed by atoms with E-state index in [1.165, 1.54) is 0 Å². The first-order valence-corrected chi connectivity index (χ1v) is 8.72. The quantitative estimate of drug-likeness (QED) is 0.832. The summed E-state index contributed by atoms with van der Waals surface area (Å²) in [5.74, 6) is 0.101. The van der Waals surface area contributed by atoms with Gasteiger partial charge in [0, 0.05) is 0 Å². The van der Waals surface area contributed by atoms with Gasteiger partial charge in [-0.3, -0.25) is 14.5 Å². The fraction of sp³-hybridized carbons (Fsp3) is 0.300. The lowest BCUT2D eigenvalue weighted by Crippen LogP contribution is -2.47. The topological polar surface area (TPSA) is 78.9 Å². The zero-order valence-corrected chi connectivity index (χ0v) is 14.4. The molecule has 1 aliphatic rings. The minimum absolute atomic E-state index is 0.0522. The predicted molar refractivity (Wildman–Crippen MR) is 98.4 cm³/mol. The summed E-state index contributed by atoms with van der Waals surface area (Å²) in [5.41, 5.74) is 0.560. The van der Waals surface area contributed by atoms with Gasteiger partial charge in [-0.2, -0.15) is 0 Å². The number of para-hydroxylation sites is 3. The van der Waals surface area contributed by atoms with Gasteiger partial charge in [-0.25, -0.2) is 0 Å². The van der Waals surface area contributed by atoms with Crippen LogP contribution in [-0.4, -0.2) is 41.0 Å². The fourth-order valence-electron chi connectivity index (χ4n) is 3.11. The highest BCUT2D eigenvalue weighted by Gasteiger charge is 2.29. The highest BCUT2D eigenvalue weighted by molar-refractivity contribution is 5.94. The van der Waals surface area contributed by atoms with Crippen LogP contribution in [0.1, 0.15) is 19.3 Å². The normalized spacial score (nSPS) is 17.5. The molecule has 3 rings (SSSR count). The summed E-state index contributed by atoms with van der Waals surface area (Å²) in [4.78, 5) is 25.5. The maximum atomic E-state index is 12.5. The van der Waals surface area contributed by atoms with E-state index >= 15 is 0 Å². The van der Waals surface area contributed by atoms with Gasteiger partial charge in [0.2, 0.25) is 5.91 Å². The van der Waals surface area contributed by atoms with E-state index in [2.05, 4.69) is 5.32 Å². The lowest BCUT2D eigenvalue weighted by molar-refractivity contribution is -0.145. The molecule has 136 valence electrons. The van der Waals surface area contributed by atoms with Crippen LogP contribution in [0, 0.1) is 0 Å². The largest absolute Gasteiger partial charge is 0.480 e. The molecule has 2 N–H and O–H groups in total. The molecule has 0 aliphatic carbocycles. The summed E-state index contributed by atoms with van der Waals surface area (Å²) in [7, 11) is 0. The van der Waals surface area contributed by atoms with Crippen molar-refractivity contribution in [3.63, 3.8) is 0 Å². The van der Waals surface area contributed by atoms with Gasteiger partial charge < -0.3 is 15.2 Å². The second kappa shape index (κ2) is 8.49. The van der Waals surface area contributed by atoms with Gasteiger partial charge in [0.05, 0.1) is 12.2 Å². The second-order valence-electron chi connectivity index (χ2n) is 6.28. The maximum absolute atomic E-state index is 12.5. The molecule has 2 aromatic carbocycles. The Morgan fingerprint density at radius 3 is 2.58 bits per heavy atom. The van der Waals surface area contributed by atoms with E-state index in [4.69, 9.17) is 4.74 Å². The lowest BCUT2D eigenvalue weighted by atomic mass is 10.0. The van der Waals surface area contributed by atoms with E-state index in [9.17, 15) is 14.7 Å². The van der Waals surface area contributed by atoms with Crippen LogP contribution in [0.15, 0.2) is 54.6 Å². The van der Waals surface area contributed by atoms with Crippen molar-refractivity contribution in [2.24, 2.45) is 0 Å². The van der Waals surface area contributed by atoms with Gasteiger partial charge in [-0.15, -0.1) is 0 Å². The number of carboxylic acids is 1. The molecule has 1 atom stereocenters. The molecule has 6 nitrogen and oxygen atoms in total. The molecule has 1 fully saturated rings. The van der Waals surface area contributed by atoms with Crippen molar-refractivity contribution < 1.29 is 19.4 Å². The smallest absolute Gasteiger partial charge is 0.320 e. The molecular formula is C20H22N2O4. The summed E-state index contributed by atoms with van der Waals surface area (Å²) in [6, 6.07) is 15.9. The van der Waals surface area contributed by atoms with Crippen LogP contribution < -0.4 is 10.1 Å². The number of anilines is 1. The minimum Gasteiger partial charge on any atom is -0.480 e. The first-order valence-electron chi connectivity index (χ1n) is 8.72. The Hall–Kier alpha value is -2.86. The number of carboxylic acid groups (broad SMARTS) is 1. The summed E-state index contributed by atoms with van der Waals surface area (Å²) in [6.45, 7) is 0.670. The van der Waals surface area contributed by atoms with Gasteiger partial charge in [-0.05, 0) is 43.7 Å². The number of carbonyl (C=O) groups excluding carboxylic acids is 1. The molecule has 1 saturated heterocycles. The van der Waals surface area contributed by atoms with Crippen LogP contribution in [-0.2, 0) is 9.59 Å². The Balaban J connectivity index is 1.66. The number of piperidine rings is 1. The summed E-state index contributed by atoms with van der Waals surface area (Å²) < 4.78 is 5.84. The summed E-state index contributed by atoms with van der Waals surface area (Å²) in [6.07, 6.45) is 2.36. The van der Waals surface area contributed by atoms with Gasteiger partial charge in [-0.1, -0.05) is 36.8 Å². The molecule has 0 saturated carbocycles. The van der Waals surface area contributed by atoms with E-state index < -0.39 is 12.0 Å². The number of likely N-dealkylation sites (tertiary alicyclic amines) is 1. The van der Waals surface area contributed by atoms with E-state index in [0.29, 0.717) is 30.2 Å². The minimum atomic E-state index is -0.870. The third-order valence-electron chi connectivity index (χ3n) is 4.38. The van der Waals surface area contributed by atoms with Crippen LogP contribution in [0.5, 0.6) is 11.5 Å². The first-order chi connectivity index (χ1) is 12.6. The van der Waals surface area contributed by atoms with E-state index in [1.807, 2.05) is 42.5 Å². The fourth-order valence-corrected chi connectivity index (χ4v) is 3.11. The van der Waals surface area contributed by atoms with Crippen LogP contribution >= 0.6 is 0 Å². The van der Waals surface area contributed by atoms with Crippen molar-refractivity contribution in [2.45, 2.75) is 25.3 Å². The highest BCUT2D eigenvalue weighted by Crippen LogP contribution is 2.29. The average Bonchev–Trinajstić information content (AvgIpc) is 2.64. The molecule has 0 aromatic heterocycles. The van der Waals surface area contributed by atoms with Gasteiger partial charge in [0.15, 0.2) is 5.75 Å². The van der Waals surface area contributed by atoms with Crippen LogP contribution in [0.25, 0.3) is 0 Å². The Labute approximate surface area is 152 Å². The Bertz CT molecular complexity index is 763. The predicted octanol–water partition coefficient (Wildman–Crippen LogP) is 3.36. The van der Waals surface area contributed by atoms with Crippen molar-refractivity contribution in [2.75, 3.05) is 18.4 Å². The molecule has 26 heavy (non-hydrogen) atoms. The number of benzene rings is 2. The molecule has 0 bridgehead atoms. The van der Waals surface area contributed by atoms with Crippen LogP contribution in [0.4, 0.5) is 5.69 Å². The number of aliphatic carboxylic acids is 1. The van der Waals surface area contributed by atoms with Crippen molar-refractivity contribution in [3.8, 4) is 11.5 Å². The maximum Gasteiger partial charge on any atom is 0.320 e. The lowest BCUT2D eigenvalue weighted by Gasteiger charge is -2.32. The van der Waals surface area contributed by atoms with Crippen molar-refractivity contribution in [1.29, 1.82) is 0 Å². The zero-order valence-electron chi connectivity index (χ0n) is 14.4. The Morgan fingerprint density at radius 1 is 1.08 bits per heavy atom. The van der Waals surface area contributed by atoms with Crippen molar-refractivity contribution in [1.82, 2.24) is 4.90 Å². The van der Waals surface area contributed by atoms with Gasteiger partial charge in [0.25, 0.3) is 0 Å². The highest BCUT2D eigenvalue weighted by atomic mass is 16.5. The average molecular weight is 354 g/mol. The number of hydrogen-bond acceptors (Lipinski definition) is 4. The van der Waals surface area contributed by atoms with E-state index in [-0.39, 0.29) is 12.5 Å². The monoisotopic (exact) mass is 354 g/mol. The zero-order chi connectivity index (χ0) is 18.4. The number of amides is 1. The van der Waals surface area contributed by atoms with E-state index in [1.54, 1.807) is 17.0 Å². The SMILES string of the molecule is O=C(CN1CCCCC1C(=O)O)Nc1ccccc1Oc1ccccc1. The molecule has 1 aliphatic heterocycles. The molecule has 6 heteroatoms.